The van der Waals surface area contributed by atoms with E-state index in [0.29, 0.717) is 0 Å². The summed E-state index contributed by atoms with van der Waals surface area (Å²) >= 11 is 0. The van der Waals surface area contributed by atoms with Gasteiger partial charge in [0.2, 0.25) is 0 Å². The Morgan fingerprint density at radius 1 is 0.438 bits per heavy atom. The predicted molar refractivity (Wildman–Crippen MR) is 89.7 cm³/mol. The van der Waals surface area contributed by atoms with Gasteiger partial charge < -0.3 is 20.4 Å². The minimum atomic E-state index is -1.83. The fourth-order valence-electron chi connectivity index (χ4n) is 0. The SMILES string of the molecule is O=C(O)O.O=C(O)O.[CaH2].[CaH2].[CaH2].[CaH2].[CaH2].[CaH2].[CaH2].[CaH2]. The van der Waals surface area contributed by atoms with Crippen molar-refractivity contribution < 1.29 is 30.0 Å². The Bertz CT molecular complexity index is 80.5. The van der Waals surface area contributed by atoms with E-state index < -0.39 is 12.3 Å². The fourth-order valence-corrected chi connectivity index (χ4v) is 0. The van der Waals surface area contributed by atoms with Gasteiger partial charge in [-0.1, -0.05) is 0 Å². The summed E-state index contributed by atoms with van der Waals surface area (Å²) in [5.74, 6) is 0. The molecule has 0 aromatic rings. The molecule has 0 aromatic carbocycles. The molecule has 6 nitrogen and oxygen atoms in total. The molecule has 0 saturated carbocycles. The Labute approximate surface area is 333 Å². The van der Waals surface area contributed by atoms with E-state index in [4.69, 9.17) is 30.0 Å². The zero-order valence-electron chi connectivity index (χ0n) is 3.61. The van der Waals surface area contributed by atoms with Crippen LogP contribution in [0.1, 0.15) is 0 Å². The number of rotatable bonds is 0. The quantitative estimate of drug-likeness (QED) is 0.267. The van der Waals surface area contributed by atoms with Crippen LogP contribution in [0.4, 0.5) is 9.59 Å². The van der Waals surface area contributed by atoms with Crippen molar-refractivity contribution in [1.82, 2.24) is 0 Å². The topological polar surface area (TPSA) is 115 Å². The third kappa shape index (κ3) is 142. The Morgan fingerprint density at radius 3 is 0.438 bits per heavy atom. The molecule has 0 spiro atoms. The first kappa shape index (κ1) is 64.3. The van der Waals surface area contributed by atoms with Crippen molar-refractivity contribution in [2.75, 3.05) is 0 Å². The van der Waals surface area contributed by atoms with Crippen molar-refractivity contribution in [3.05, 3.63) is 0 Å². The van der Waals surface area contributed by atoms with E-state index in [1.807, 2.05) is 0 Å². The van der Waals surface area contributed by atoms with Crippen LogP contribution in [0.5, 0.6) is 0 Å². The molecule has 0 unspecified atom stereocenters. The molecule has 0 aliphatic rings. The number of hydrogen-bond donors (Lipinski definition) is 4. The Balaban J connectivity index is -0.00000000375. The summed E-state index contributed by atoms with van der Waals surface area (Å²) < 4.78 is 0. The van der Waals surface area contributed by atoms with Gasteiger partial charge in [-0.3, -0.25) is 0 Å². The third-order valence-corrected chi connectivity index (χ3v) is 0. The zero-order chi connectivity index (χ0) is 7.15. The molecule has 16 heavy (non-hydrogen) atoms. The summed E-state index contributed by atoms with van der Waals surface area (Å²) in [6.07, 6.45) is -3.67. The first-order valence-electron chi connectivity index (χ1n) is 1.30. The summed E-state index contributed by atoms with van der Waals surface area (Å²) in [4.78, 5) is 17.1. The molecule has 0 heterocycles. The number of hydrogen-bond acceptors (Lipinski definition) is 2. The fraction of sp³-hybridized carbons (Fsp3) is 0. The van der Waals surface area contributed by atoms with E-state index in [0.717, 1.165) is 0 Å². The van der Waals surface area contributed by atoms with Crippen molar-refractivity contribution >= 4 is 314 Å². The number of carboxylic acid groups (broad SMARTS) is 4. The van der Waals surface area contributed by atoms with E-state index in [9.17, 15) is 0 Å². The van der Waals surface area contributed by atoms with Crippen molar-refractivity contribution in [2.45, 2.75) is 0 Å². The maximum atomic E-state index is 8.56. The van der Waals surface area contributed by atoms with E-state index >= 15 is 0 Å². The molecule has 14 heteroatoms. The monoisotopic (exact) mass is 460 g/mol. The van der Waals surface area contributed by atoms with Crippen molar-refractivity contribution in [3.63, 3.8) is 0 Å². The predicted octanol–water partition coefficient (Wildman–Crippen LogP) is -6.88. The van der Waals surface area contributed by atoms with Gasteiger partial charge in [-0.05, 0) is 0 Å². The number of carbonyl (C=O) groups is 2. The van der Waals surface area contributed by atoms with Crippen LogP contribution in [-0.2, 0) is 0 Å². The molecular formula is C2H20Ca8O6. The molecule has 0 amide bonds. The van der Waals surface area contributed by atoms with Crippen LogP contribution in [-0.4, -0.2) is 335 Å². The van der Waals surface area contributed by atoms with Crippen molar-refractivity contribution in [2.24, 2.45) is 0 Å². The molecule has 0 rings (SSSR count). The average molecular weight is 461 g/mol. The molecule has 0 radical (unpaired) electrons. The molecule has 0 bridgehead atoms. The Hall–Kier alpha value is 8.62. The van der Waals surface area contributed by atoms with E-state index in [1.54, 1.807) is 0 Å². The third-order valence-electron chi connectivity index (χ3n) is 0. The standard InChI is InChI=1S/2CH2O3.8Ca.16H/c2*2-1(3)4;;;;;;;;;;;;;;;;;;;;;;;;/h2*(H2,2,3,4);;;;;;;;;;;;;;;;;;;;;;;;. The Kier molecular flexibility index (Phi) is 227. The van der Waals surface area contributed by atoms with Crippen LogP contribution in [0.3, 0.4) is 0 Å². The van der Waals surface area contributed by atoms with E-state index in [1.165, 1.54) is 0 Å². The second-order valence-electron chi connectivity index (χ2n) is 0.565. The maximum absolute atomic E-state index is 8.56. The second kappa shape index (κ2) is 56.5. The van der Waals surface area contributed by atoms with Gasteiger partial charge in [-0.25, -0.2) is 9.59 Å². The summed E-state index contributed by atoms with van der Waals surface area (Å²) in [6, 6.07) is 0. The minimum absolute atomic E-state index is 0. The van der Waals surface area contributed by atoms with Crippen LogP contribution in [0.25, 0.3) is 0 Å². The second-order valence-corrected chi connectivity index (χ2v) is 0.565. The van der Waals surface area contributed by atoms with Crippen molar-refractivity contribution in [1.29, 1.82) is 0 Å². The molecule has 0 fully saturated rings. The summed E-state index contributed by atoms with van der Waals surface area (Å²) in [7, 11) is 0. The molecular weight excluding hydrogens is 441 g/mol. The molecule has 0 aromatic heterocycles. The van der Waals surface area contributed by atoms with Crippen LogP contribution in [0, 0.1) is 0 Å². The van der Waals surface area contributed by atoms with Crippen LogP contribution >= 0.6 is 0 Å². The van der Waals surface area contributed by atoms with Gasteiger partial charge in [0.15, 0.2) is 0 Å². The van der Waals surface area contributed by atoms with Gasteiger partial charge in [-0.15, -0.1) is 0 Å². The van der Waals surface area contributed by atoms with Gasteiger partial charge in [0.1, 0.15) is 0 Å². The summed E-state index contributed by atoms with van der Waals surface area (Å²) in [5.41, 5.74) is 0. The molecule has 0 aliphatic heterocycles. The molecule has 4 N–H and O–H groups in total. The summed E-state index contributed by atoms with van der Waals surface area (Å²) in [5, 5.41) is 27.9. The van der Waals surface area contributed by atoms with E-state index in [-0.39, 0.29) is 302 Å². The van der Waals surface area contributed by atoms with Crippen LogP contribution in [0.15, 0.2) is 0 Å². The normalized spacial score (nSPS) is 3.00. The van der Waals surface area contributed by atoms with Gasteiger partial charge >= 0.3 is 314 Å². The molecule has 0 saturated heterocycles. The van der Waals surface area contributed by atoms with Gasteiger partial charge in [-0.2, -0.15) is 0 Å². The average Bonchev–Trinajstić information content (AvgIpc) is 1.25. The summed E-state index contributed by atoms with van der Waals surface area (Å²) in [6.45, 7) is 0. The van der Waals surface area contributed by atoms with E-state index in [2.05, 4.69) is 0 Å². The van der Waals surface area contributed by atoms with Crippen LogP contribution in [0.2, 0.25) is 0 Å². The molecule has 0 atom stereocenters. The molecule has 80 valence electrons. The first-order valence-corrected chi connectivity index (χ1v) is 1.30. The van der Waals surface area contributed by atoms with Crippen LogP contribution < -0.4 is 0 Å². The molecule has 0 aliphatic carbocycles. The van der Waals surface area contributed by atoms with Gasteiger partial charge in [0.25, 0.3) is 0 Å². The Morgan fingerprint density at radius 2 is 0.438 bits per heavy atom. The van der Waals surface area contributed by atoms with Gasteiger partial charge in [0, 0.05) is 0 Å². The zero-order valence-corrected chi connectivity index (χ0v) is 3.61. The first-order chi connectivity index (χ1) is 3.46. The van der Waals surface area contributed by atoms with Gasteiger partial charge in [0.05, 0.1) is 0 Å². The van der Waals surface area contributed by atoms with Crippen molar-refractivity contribution in [3.8, 4) is 0 Å².